The summed E-state index contributed by atoms with van der Waals surface area (Å²) < 4.78 is 0.869. The molecule has 0 radical (unpaired) electrons. The average Bonchev–Trinajstić information content (AvgIpc) is 2.65. The average molecular weight is 430 g/mol. The first-order valence-electron chi connectivity index (χ1n) is 9.15. The lowest BCUT2D eigenvalue weighted by Gasteiger charge is -2.33. The van der Waals surface area contributed by atoms with Gasteiger partial charge >= 0.3 is 0 Å². The maximum absolute atomic E-state index is 13.4. The van der Waals surface area contributed by atoms with E-state index in [0.717, 1.165) is 40.5 Å². The molecule has 0 fully saturated rings. The molecule has 0 aromatic heterocycles. The number of carbonyl (C=O) groups excluding carboxylic acids is 2. The Balaban J connectivity index is 1.94. The van der Waals surface area contributed by atoms with E-state index in [1.54, 1.807) is 4.90 Å². The van der Waals surface area contributed by atoms with Crippen LogP contribution in [0.5, 0.6) is 0 Å². The van der Waals surface area contributed by atoms with Crippen LogP contribution in [0.1, 0.15) is 36.1 Å². The van der Waals surface area contributed by atoms with Gasteiger partial charge in [-0.1, -0.05) is 40.2 Å². The van der Waals surface area contributed by atoms with Crippen LogP contribution in [0.4, 0.5) is 5.69 Å². The largest absolute Gasteiger partial charge is 0.341 e. The van der Waals surface area contributed by atoms with E-state index in [2.05, 4.69) is 27.3 Å². The molecule has 3 N–H and O–H groups in total. The van der Waals surface area contributed by atoms with Crippen LogP contribution in [0.25, 0.3) is 0 Å². The first-order chi connectivity index (χ1) is 13.0. The van der Waals surface area contributed by atoms with Gasteiger partial charge in [-0.2, -0.15) is 0 Å². The molecule has 142 valence electrons. The van der Waals surface area contributed by atoms with Crippen molar-refractivity contribution in [2.24, 2.45) is 5.73 Å². The van der Waals surface area contributed by atoms with Crippen LogP contribution < -0.4 is 16.0 Å². The van der Waals surface area contributed by atoms with Gasteiger partial charge < -0.3 is 16.0 Å². The molecule has 6 heteroatoms. The van der Waals surface area contributed by atoms with Crippen molar-refractivity contribution in [3.63, 3.8) is 0 Å². The molecule has 1 unspecified atom stereocenters. The van der Waals surface area contributed by atoms with Gasteiger partial charge in [0.2, 0.25) is 5.91 Å². The monoisotopic (exact) mass is 429 g/mol. The normalized spacial score (nSPS) is 14.4. The maximum atomic E-state index is 13.4. The van der Waals surface area contributed by atoms with E-state index >= 15 is 0 Å². The van der Waals surface area contributed by atoms with Gasteiger partial charge in [0.1, 0.15) is 6.04 Å². The lowest BCUT2D eigenvalue weighted by Crippen LogP contribution is -2.44. The Kier molecular flexibility index (Phi) is 6.29. The van der Waals surface area contributed by atoms with Crippen molar-refractivity contribution < 1.29 is 9.59 Å². The van der Waals surface area contributed by atoms with Gasteiger partial charge in [-0.05, 0) is 60.7 Å². The number of aryl methyl sites for hydroxylation is 1. The van der Waals surface area contributed by atoms with E-state index in [9.17, 15) is 9.59 Å². The van der Waals surface area contributed by atoms with E-state index in [-0.39, 0.29) is 11.8 Å². The third kappa shape index (κ3) is 4.57. The first-order valence-corrected chi connectivity index (χ1v) is 9.94. The quantitative estimate of drug-likeness (QED) is 0.766. The Morgan fingerprint density at radius 2 is 2.07 bits per heavy atom. The highest BCUT2D eigenvalue weighted by Gasteiger charge is 2.30. The number of halogens is 1. The minimum absolute atomic E-state index is 0.115. The molecule has 1 heterocycles. The van der Waals surface area contributed by atoms with Crippen LogP contribution >= 0.6 is 15.9 Å². The van der Waals surface area contributed by atoms with Crippen LogP contribution in [0, 0.1) is 0 Å². The first kappa shape index (κ1) is 19.6. The van der Waals surface area contributed by atoms with Gasteiger partial charge in [0, 0.05) is 23.6 Å². The molecule has 0 bridgehead atoms. The molecule has 27 heavy (non-hydrogen) atoms. The lowest BCUT2D eigenvalue weighted by molar-refractivity contribution is -0.126. The number of rotatable bonds is 5. The van der Waals surface area contributed by atoms with E-state index in [1.165, 1.54) is 12.5 Å². The summed E-state index contributed by atoms with van der Waals surface area (Å²) in [4.78, 5) is 26.9. The summed E-state index contributed by atoms with van der Waals surface area (Å²) in [6.07, 6.45) is 2.67. The molecular formula is C21H24BrN3O2. The standard InChI is InChI=1S/C21H24BrN3O2/c1-14(26)24-20(17-4-2-6-18(22)13-17)21(27)25-11-3-5-16-12-15(9-10-23)7-8-19(16)25/h2,4,6-8,12-13,20H,3,5,9-11,23H2,1H3,(H,24,26). The van der Waals surface area contributed by atoms with Crippen LogP contribution in [0.15, 0.2) is 46.9 Å². The molecule has 0 aliphatic carbocycles. The number of hydrogen-bond donors (Lipinski definition) is 2. The van der Waals surface area contributed by atoms with Gasteiger partial charge in [-0.25, -0.2) is 0 Å². The smallest absolute Gasteiger partial charge is 0.254 e. The van der Waals surface area contributed by atoms with Gasteiger partial charge in [0.15, 0.2) is 0 Å². The second-order valence-electron chi connectivity index (χ2n) is 6.78. The third-order valence-electron chi connectivity index (χ3n) is 4.74. The van der Waals surface area contributed by atoms with E-state index in [4.69, 9.17) is 5.73 Å². The summed E-state index contributed by atoms with van der Waals surface area (Å²) in [5.74, 6) is -0.348. The van der Waals surface area contributed by atoms with Gasteiger partial charge in [0.05, 0.1) is 0 Å². The van der Waals surface area contributed by atoms with E-state index < -0.39 is 6.04 Å². The fourth-order valence-electron chi connectivity index (χ4n) is 3.53. The topological polar surface area (TPSA) is 75.4 Å². The van der Waals surface area contributed by atoms with Crippen LogP contribution in [-0.2, 0) is 22.4 Å². The number of carbonyl (C=O) groups is 2. The molecule has 3 rings (SSSR count). The number of benzene rings is 2. The van der Waals surface area contributed by atoms with Crippen molar-refractivity contribution in [3.05, 3.63) is 63.6 Å². The molecule has 0 saturated heterocycles. The molecule has 0 saturated carbocycles. The Morgan fingerprint density at radius 3 is 2.78 bits per heavy atom. The molecule has 0 spiro atoms. The number of nitrogens with zero attached hydrogens (tertiary/aromatic N) is 1. The van der Waals surface area contributed by atoms with Gasteiger partial charge in [-0.15, -0.1) is 0 Å². The summed E-state index contributed by atoms with van der Waals surface area (Å²) >= 11 is 3.44. The van der Waals surface area contributed by atoms with Crippen LogP contribution in [-0.4, -0.2) is 24.9 Å². The molecule has 1 atom stereocenters. The molecule has 5 nitrogen and oxygen atoms in total. The highest BCUT2D eigenvalue weighted by molar-refractivity contribution is 9.10. The predicted molar refractivity (Wildman–Crippen MR) is 111 cm³/mol. The summed E-state index contributed by atoms with van der Waals surface area (Å²) in [5, 5.41) is 2.82. The van der Waals surface area contributed by atoms with Crippen molar-refractivity contribution in [3.8, 4) is 0 Å². The SMILES string of the molecule is CC(=O)NC(C(=O)N1CCCc2cc(CCN)ccc21)c1cccc(Br)c1. The predicted octanol–water partition coefficient (Wildman–Crippen LogP) is 3.11. The maximum Gasteiger partial charge on any atom is 0.254 e. The number of nitrogens with two attached hydrogens (primary N) is 1. The fraction of sp³-hybridized carbons (Fsp3) is 0.333. The zero-order valence-corrected chi connectivity index (χ0v) is 17.0. The molecular weight excluding hydrogens is 406 g/mol. The minimum Gasteiger partial charge on any atom is -0.341 e. The molecule has 2 aromatic rings. The molecule has 1 aliphatic heterocycles. The summed E-state index contributed by atoms with van der Waals surface area (Å²) in [6, 6.07) is 13.0. The Hall–Kier alpha value is -2.18. The number of amides is 2. The molecule has 2 amide bonds. The third-order valence-corrected chi connectivity index (χ3v) is 5.23. The zero-order valence-electron chi connectivity index (χ0n) is 15.4. The highest BCUT2D eigenvalue weighted by Crippen LogP contribution is 2.31. The highest BCUT2D eigenvalue weighted by atomic mass is 79.9. The molecule has 2 aromatic carbocycles. The lowest BCUT2D eigenvalue weighted by atomic mass is 9.96. The Labute approximate surface area is 168 Å². The second-order valence-corrected chi connectivity index (χ2v) is 7.70. The number of nitrogens with one attached hydrogen (secondary N) is 1. The van der Waals surface area contributed by atoms with Crippen molar-refractivity contribution in [1.82, 2.24) is 5.32 Å². The fourth-order valence-corrected chi connectivity index (χ4v) is 3.95. The number of anilines is 1. The van der Waals surface area contributed by atoms with Crippen LogP contribution in [0.3, 0.4) is 0 Å². The summed E-state index contributed by atoms with van der Waals surface area (Å²) in [7, 11) is 0. The van der Waals surface area contributed by atoms with Crippen molar-refractivity contribution in [2.45, 2.75) is 32.2 Å². The van der Waals surface area contributed by atoms with Gasteiger partial charge in [0.25, 0.3) is 5.91 Å². The second kappa shape index (κ2) is 8.67. The Bertz CT molecular complexity index is 853. The summed E-state index contributed by atoms with van der Waals surface area (Å²) in [5.41, 5.74) is 9.71. The number of hydrogen-bond acceptors (Lipinski definition) is 3. The van der Waals surface area contributed by atoms with E-state index in [1.807, 2.05) is 36.4 Å². The van der Waals surface area contributed by atoms with Crippen molar-refractivity contribution in [2.75, 3.05) is 18.0 Å². The Morgan fingerprint density at radius 1 is 1.26 bits per heavy atom. The van der Waals surface area contributed by atoms with Crippen LogP contribution in [0.2, 0.25) is 0 Å². The van der Waals surface area contributed by atoms with Crippen molar-refractivity contribution in [1.29, 1.82) is 0 Å². The number of fused-ring (bicyclic) bond motifs is 1. The van der Waals surface area contributed by atoms with Crippen molar-refractivity contribution >= 4 is 33.4 Å². The minimum atomic E-state index is -0.713. The van der Waals surface area contributed by atoms with E-state index in [0.29, 0.717) is 13.1 Å². The zero-order chi connectivity index (χ0) is 19.4. The molecule has 1 aliphatic rings. The van der Waals surface area contributed by atoms with Gasteiger partial charge in [-0.3, -0.25) is 9.59 Å². The summed E-state index contributed by atoms with van der Waals surface area (Å²) in [6.45, 7) is 2.68.